The second kappa shape index (κ2) is 9.58. The molecule has 0 amide bonds. The first-order valence-corrected chi connectivity index (χ1v) is 11.2. The molecule has 3 aromatic rings. The van der Waals surface area contributed by atoms with Crippen LogP contribution in [0.3, 0.4) is 0 Å². The van der Waals surface area contributed by atoms with Crippen LogP contribution < -0.4 is 14.8 Å². The zero-order chi connectivity index (χ0) is 22.8. The molecule has 172 valence electrons. The Morgan fingerprint density at radius 2 is 2.06 bits per heavy atom. The van der Waals surface area contributed by atoms with Crippen molar-refractivity contribution in [3.05, 3.63) is 46.6 Å². The third-order valence-corrected chi connectivity index (χ3v) is 6.57. The smallest absolute Gasteiger partial charge is 0.253 e. The van der Waals surface area contributed by atoms with E-state index in [1.54, 1.807) is 32.4 Å². The quantitative estimate of drug-likeness (QED) is 0.503. The molecule has 2 atom stereocenters. The van der Waals surface area contributed by atoms with Crippen LogP contribution in [0, 0.1) is 0 Å². The molecule has 0 spiro atoms. The number of imidazole rings is 1. The van der Waals surface area contributed by atoms with Crippen molar-refractivity contribution in [3.63, 3.8) is 0 Å². The predicted molar refractivity (Wildman–Crippen MR) is 122 cm³/mol. The largest absolute Gasteiger partial charge is 0.497 e. The summed E-state index contributed by atoms with van der Waals surface area (Å²) in [7, 11) is 4.99. The number of likely N-dealkylation sites (N-methyl/N-ethyl adjacent to an activating group) is 1. The number of rotatable bonds is 7. The molecule has 1 saturated heterocycles. The molecular formula is C22H26BrF2N5O2. The SMILES string of the molecule is COc1ccc(CNc2nccn3c([C@H]4CC[C@@H](C(F)F)N(C)C4)nc(Br)c23)c(OC)c1. The van der Waals surface area contributed by atoms with E-state index in [-0.39, 0.29) is 5.92 Å². The molecule has 7 nitrogen and oxygen atoms in total. The van der Waals surface area contributed by atoms with E-state index in [2.05, 4.69) is 26.2 Å². The molecule has 0 saturated carbocycles. The maximum Gasteiger partial charge on any atom is 0.253 e. The number of anilines is 1. The Labute approximate surface area is 193 Å². The number of hydrogen-bond donors (Lipinski definition) is 1. The van der Waals surface area contributed by atoms with Crippen LogP contribution in [0.15, 0.2) is 35.2 Å². The number of ether oxygens (including phenoxy) is 2. The van der Waals surface area contributed by atoms with E-state index < -0.39 is 12.5 Å². The van der Waals surface area contributed by atoms with Gasteiger partial charge in [-0.25, -0.2) is 18.7 Å². The van der Waals surface area contributed by atoms with E-state index in [0.717, 1.165) is 28.4 Å². The number of halogens is 3. The number of benzene rings is 1. The van der Waals surface area contributed by atoms with E-state index in [9.17, 15) is 8.78 Å². The number of fused-ring (bicyclic) bond motifs is 1. The van der Waals surface area contributed by atoms with E-state index >= 15 is 0 Å². The minimum absolute atomic E-state index is 0.0609. The molecule has 0 radical (unpaired) electrons. The first-order chi connectivity index (χ1) is 15.4. The fourth-order valence-corrected chi connectivity index (χ4v) is 4.87. The standard InChI is InChI=1S/C22H26BrF2N5O2/c1-29-12-14(5-7-16(29)20(24)25)22-28-19(23)18-21(26-8-9-30(18)22)27-11-13-4-6-15(31-2)10-17(13)32-3/h4,6,8-10,14,16,20H,5,7,11-12H2,1-3H3,(H,26,27)/t14-,16-/m0/s1. The van der Waals surface area contributed by atoms with Gasteiger partial charge in [-0.1, -0.05) is 0 Å². The van der Waals surface area contributed by atoms with Gasteiger partial charge in [0.15, 0.2) is 5.82 Å². The number of methoxy groups -OCH3 is 2. The number of piperidine rings is 1. The molecule has 1 fully saturated rings. The van der Waals surface area contributed by atoms with Crippen molar-refractivity contribution in [1.82, 2.24) is 19.3 Å². The lowest BCUT2D eigenvalue weighted by molar-refractivity contribution is 0.0118. The molecule has 1 aliphatic rings. The van der Waals surface area contributed by atoms with Crippen LogP contribution in [-0.4, -0.2) is 59.5 Å². The Balaban J connectivity index is 1.58. The topological polar surface area (TPSA) is 63.9 Å². The summed E-state index contributed by atoms with van der Waals surface area (Å²) in [6.07, 6.45) is 2.35. The van der Waals surface area contributed by atoms with Gasteiger partial charge >= 0.3 is 0 Å². The fraction of sp³-hybridized carbons (Fsp3) is 0.455. The van der Waals surface area contributed by atoms with Gasteiger partial charge in [0, 0.05) is 43.0 Å². The Kier molecular flexibility index (Phi) is 6.80. The normalized spacial score (nSPS) is 19.5. The number of hydrogen-bond acceptors (Lipinski definition) is 6. The van der Waals surface area contributed by atoms with Gasteiger partial charge in [0.2, 0.25) is 0 Å². The summed E-state index contributed by atoms with van der Waals surface area (Å²) in [5, 5.41) is 3.37. The van der Waals surface area contributed by atoms with Crippen molar-refractivity contribution in [2.75, 3.05) is 33.1 Å². The highest BCUT2D eigenvalue weighted by Crippen LogP contribution is 2.35. The summed E-state index contributed by atoms with van der Waals surface area (Å²) in [5.41, 5.74) is 1.77. The van der Waals surface area contributed by atoms with E-state index in [1.165, 1.54) is 0 Å². The maximum absolute atomic E-state index is 13.2. The van der Waals surface area contributed by atoms with Gasteiger partial charge in [0.05, 0.1) is 20.3 Å². The summed E-state index contributed by atoms with van der Waals surface area (Å²) in [6.45, 7) is 1.03. The highest BCUT2D eigenvalue weighted by atomic mass is 79.9. The van der Waals surface area contributed by atoms with Crippen molar-refractivity contribution in [2.45, 2.75) is 37.8 Å². The molecule has 1 aliphatic heterocycles. The average molecular weight is 510 g/mol. The summed E-state index contributed by atoms with van der Waals surface area (Å²) < 4.78 is 39.9. The molecule has 4 rings (SSSR count). The Hall–Kier alpha value is -2.46. The van der Waals surface area contributed by atoms with Crippen molar-refractivity contribution in [3.8, 4) is 11.5 Å². The second-order valence-corrected chi connectivity index (χ2v) is 8.65. The van der Waals surface area contributed by atoms with Crippen LogP contribution in [0.25, 0.3) is 5.52 Å². The van der Waals surface area contributed by atoms with Crippen molar-refractivity contribution in [1.29, 1.82) is 0 Å². The Morgan fingerprint density at radius 3 is 2.75 bits per heavy atom. The lowest BCUT2D eigenvalue weighted by Crippen LogP contribution is -2.44. The van der Waals surface area contributed by atoms with E-state index in [4.69, 9.17) is 14.5 Å². The summed E-state index contributed by atoms with van der Waals surface area (Å²) in [6, 6.07) is 4.97. The number of nitrogens with one attached hydrogen (secondary N) is 1. The third kappa shape index (κ3) is 4.38. The summed E-state index contributed by atoms with van der Waals surface area (Å²) in [5.74, 6) is 3.02. The van der Waals surface area contributed by atoms with Gasteiger partial charge in [-0.05, 0) is 48.0 Å². The highest BCUT2D eigenvalue weighted by molar-refractivity contribution is 9.10. The van der Waals surface area contributed by atoms with Crippen LogP contribution in [0.1, 0.15) is 30.1 Å². The monoisotopic (exact) mass is 509 g/mol. The van der Waals surface area contributed by atoms with E-state index in [0.29, 0.717) is 36.4 Å². The Bertz CT molecular complexity index is 1090. The van der Waals surface area contributed by atoms with Crippen molar-refractivity contribution < 1.29 is 18.3 Å². The number of nitrogens with zero attached hydrogens (tertiary/aromatic N) is 4. The van der Waals surface area contributed by atoms with Crippen LogP contribution in [0.2, 0.25) is 0 Å². The van der Waals surface area contributed by atoms with Gasteiger partial charge in [0.25, 0.3) is 6.43 Å². The van der Waals surface area contributed by atoms with Crippen LogP contribution in [-0.2, 0) is 6.54 Å². The molecule has 0 aliphatic carbocycles. The van der Waals surface area contributed by atoms with Gasteiger partial charge in [-0.15, -0.1) is 0 Å². The first kappa shape index (κ1) is 22.7. The molecule has 1 N–H and O–H groups in total. The predicted octanol–water partition coefficient (Wildman–Crippen LogP) is 4.56. The molecule has 0 unspecified atom stereocenters. The van der Waals surface area contributed by atoms with E-state index in [1.807, 2.05) is 28.8 Å². The van der Waals surface area contributed by atoms with Gasteiger partial charge < -0.3 is 14.8 Å². The molecule has 1 aromatic carbocycles. The van der Waals surface area contributed by atoms with Gasteiger partial charge in [-0.3, -0.25) is 9.30 Å². The lowest BCUT2D eigenvalue weighted by Gasteiger charge is -2.36. The molecule has 3 heterocycles. The van der Waals surface area contributed by atoms with Crippen LogP contribution in [0.5, 0.6) is 11.5 Å². The lowest BCUT2D eigenvalue weighted by atomic mass is 9.92. The minimum atomic E-state index is -2.33. The average Bonchev–Trinajstić information content (AvgIpc) is 3.14. The number of likely N-dealkylation sites (tertiary alicyclic amines) is 1. The second-order valence-electron chi connectivity index (χ2n) is 7.90. The number of alkyl halides is 2. The molecule has 2 aromatic heterocycles. The summed E-state index contributed by atoms with van der Waals surface area (Å²) in [4.78, 5) is 11.0. The third-order valence-electron chi connectivity index (χ3n) is 6.02. The molecule has 10 heteroatoms. The fourth-order valence-electron chi connectivity index (χ4n) is 4.31. The highest BCUT2D eigenvalue weighted by Gasteiger charge is 2.34. The minimum Gasteiger partial charge on any atom is -0.497 e. The van der Waals surface area contributed by atoms with Crippen molar-refractivity contribution >= 4 is 27.3 Å². The van der Waals surface area contributed by atoms with Gasteiger partial charge in [-0.2, -0.15) is 0 Å². The zero-order valence-corrected chi connectivity index (χ0v) is 19.8. The maximum atomic E-state index is 13.2. The summed E-state index contributed by atoms with van der Waals surface area (Å²) >= 11 is 3.57. The van der Waals surface area contributed by atoms with Gasteiger partial charge in [0.1, 0.15) is 27.4 Å². The first-order valence-electron chi connectivity index (χ1n) is 10.4. The molecule has 32 heavy (non-hydrogen) atoms. The van der Waals surface area contributed by atoms with Crippen LogP contribution in [0.4, 0.5) is 14.6 Å². The van der Waals surface area contributed by atoms with Crippen LogP contribution >= 0.6 is 15.9 Å². The number of aromatic nitrogens is 3. The van der Waals surface area contributed by atoms with Crippen molar-refractivity contribution in [2.24, 2.45) is 0 Å². The molecule has 0 bridgehead atoms. The molecular weight excluding hydrogens is 484 g/mol. The zero-order valence-electron chi connectivity index (χ0n) is 18.2. The Morgan fingerprint density at radius 1 is 1.25 bits per heavy atom.